The number of pyridine rings is 1. The molecule has 0 unspecified atom stereocenters. The average molecular weight is 339 g/mol. The number of hydrogen-bond acceptors (Lipinski definition) is 1. The molecule has 1 nitrogen and oxygen atoms in total. The quantitative estimate of drug-likeness (QED) is 0.386. The fourth-order valence-electron chi connectivity index (χ4n) is 4.14. The van der Waals surface area contributed by atoms with Crippen molar-refractivity contribution in [1.29, 1.82) is 0 Å². The summed E-state index contributed by atoms with van der Waals surface area (Å²) in [6, 6.07) is 12.0. The van der Waals surface area contributed by atoms with Crippen molar-refractivity contribution in [3.63, 3.8) is 0 Å². The van der Waals surface area contributed by atoms with Crippen molar-refractivity contribution in [3.8, 4) is 11.1 Å². The lowest BCUT2D eigenvalue weighted by atomic mass is 9.77. The highest BCUT2D eigenvalue weighted by molar-refractivity contribution is 5.62. The van der Waals surface area contributed by atoms with Crippen LogP contribution in [0.5, 0.6) is 0 Å². The van der Waals surface area contributed by atoms with Crippen molar-refractivity contribution >= 4 is 0 Å². The predicted octanol–water partition coefficient (Wildman–Crippen LogP) is 7.13. The van der Waals surface area contributed by atoms with Gasteiger partial charge in [0, 0.05) is 11.8 Å². The summed E-state index contributed by atoms with van der Waals surface area (Å²) in [5, 5.41) is 0. The molecular formula is C23H30FN. The van der Waals surface area contributed by atoms with Crippen LogP contribution in [0, 0.1) is 11.9 Å². The van der Waals surface area contributed by atoms with Crippen LogP contribution in [0.25, 0.3) is 11.1 Å². The smallest absolute Gasteiger partial charge is 0.212 e. The summed E-state index contributed by atoms with van der Waals surface area (Å²) in [5.74, 6) is 1.25. The molecule has 1 aromatic heterocycles. The minimum absolute atomic E-state index is 0.424. The van der Waals surface area contributed by atoms with E-state index in [0.717, 1.165) is 17.0 Å². The number of rotatable bonds is 7. The van der Waals surface area contributed by atoms with Gasteiger partial charge in [0.05, 0.1) is 0 Å². The number of benzene rings is 1. The van der Waals surface area contributed by atoms with Crippen molar-refractivity contribution in [3.05, 3.63) is 54.1 Å². The second kappa shape index (κ2) is 9.12. The van der Waals surface area contributed by atoms with Gasteiger partial charge in [-0.05, 0) is 60.8 Å². The van der Waals surface area contributed by atoms with Crippen molar-refractivity contribution < 1.29 is 4.39 Å². The van der Waals surface area contributed by atoms with Gasteiger partial charge in [0.1, 0.15) is 0 Å². The molecule has 1 saturated carbocycles. The van der Waals surface area contributed by atoms with Crippen LogP contribution in [0.4, 0.5) is 4.39 Å². The third kappa shape index (κ3) is 5.14. The topological polar surface area (TPSA) is 12.9 Å². The molecule has 0 N–H and O–H groups in total. The van der Waals surface area contributed by atoms with Gasteiger partial charge in [-0.3, -0.25) is 0 Å². The van der Waals surface area contributed by atoms with Gasteiger partial charge in [0.2, 0.25) is 5.95 Å². The van der Waals surface area contributed by atoms with Gasteiger partial charge < -0.3 is 0 Å². The van der Waals surface area contributed by atoms with Crippen molar-refractivity contribution in [2.45, 2.75) is 70.6 Å². The van der Waals surface area contributed by atoms with Crippen LogP contribution in [0.15, 0.2) is 42.6 Å². The Morgan fingerprint density at radius 2 is 1.60 bits per heavy atom. The molecule has 0 radical (unpaired) electrons. The van der Waals surface area contributed by atoms with Crippen LogP contribution >= 0.6 is 0 Å². The molecule has 3 rings (SSSR count). The average Bonchev–Trinajstić information content (AvgIpc) is 2.67. The Morgan fingerprint density at radius 3 is 2.24 bits per heavy atom. The maximum Gasteiger partial charge on any atom is 0.212 e. The minimum Gasteiger partial charge on any atom is -0.228 e. The molecule has 1 aromatic carbocycles. The summed E-state index contributed by atoms with van der Waals surface area (Å²) in [6.07, 6.45) is 14.0. The molecule has 1 aliphatic rings. The van der Waals surface area contributed by atoms with Crippen LogP contribution in [0.3, 0.4) is 0 Å². The summed E-state index contributed by atoms with van der Waals surface area (Å²) >= 11 is 0. The third-order valence-electron chi connectivity index (χ3n) is 5.76. The van der Waals surface area contributed by atoms with E-state index in [1.165, 1.54) is 69.4 Å². The SMILES string of the molecule is CCCCCCC1CCC(c2ccc(-c3ccc(F)nc3)cc2)CC1. The number of aromatic nitrogens is 1. The van der Waals surface area contributed by atoms with Gasteiger partial charge in [-0.25, -0.2) is 4.98 Å². The Balaban J connectivity index is 1.51. The molecule has 2 heteroatoms. The van der Waals surface area contributed by atoms with Gasteiger partial charge in [-0.2, -0.15) is 4.39 Å². The van der Waals surface area contributed by atoms with Crippen molar-refractivity contribution in [2.24, 2.45) is 5.92 Å². The van der Waals surface area contributed by atoms with Gasteiger partial charge in [0.25, 0.3) is 0 Å². The number of nitrogens with zero attached hydrogens (tertiary/aromatic N) is 1. The van der Waals surface area contributed by atoms with Gasteiger partial charge in [-0.1, -0.05) is 63.3 Å². The molecule has 0 saturated heterocycles. The Morgan fingerprint density at radius 1 is 0.880 bits per heavy atom. The van der Waals surface area contributed by atoms with Gasteiger partial charge in [0.15, 0.2) is 0 Å². The van der Waals surface area contributed by atoms with Crippen LogP contribution in [0.2, 0.25) is 0 Å². The molecule has 0 spiro atoms. The second-order valence-electron chi connectivity index (χ2n) is 7.56. The van der Waals surface area contributed by atoms with Crippen LogP contribution in [0.1, 0.15) is 76.2 Å². The van der Waals surface area contributed by atoms with E-state index in [2.05, 4.69) is 36.2 Å². The highest BCUT2D eigenvalue weighted by atomic mass is 19.1. The molecular weight excluding hydrogens is 309 g/mol. The fourth-order valence-corrected chi connectivity index (χ4v) is 4.14. The summed E-state index contributed by atoms with van der Waals surface area (Å²) in [4.78, 5) is 3.75. The van der Waals surface area contributed by atoms with E-state index in [1.807, 2.05) is 0 Å². The molecule has 0 bridgehead atoms. The van der Waals surface area contributed by atoms with Gasteiger partial charge >= 0.3 is 0 Å². The highest BCUT2D eigenvalue weighted by Gasteiger charge is 2.22. The van der Waals surface area contributed by atoms with Crippen LogP contribution in [-0.4, -0.2) is 4.98 Å². The Bertz CT molecular complexity index is 624. The first-order valence-corrected chi connectivity index (χ1v) is 9.98. The molecule has 25 heavy (non-hydrogen) atoms. The maximum atomic E-state index is 12.9. The van der Waals surface area contributed by atoms with E-state index in [1.54, 1.807) is 12.3 Å². The second-order valence-corrected chi connectivity index (χ2v) is 7.56. The predicted molar refractivity (Wildman–Crippen MR) is 103 cm³/mol. The third-order valence-corrected chi connectivity index (χ3v) is 5.76. The molecule has 0 amide bonds. The lowest BCUT2D eigenvalue weighted by Crippen LogP contribution is -2.13. The lowest BCUT2D eigenvalue weighted by molar-refractivity contribution is 0.302. The zero-order valence-electron chi connectivity index (χ0n) is 15.4. The molecule has 1 aliphatic carbocycles. The summed E-state index contributed by atoms with van der Waals surface area (Å²) in [5.41, 5.74) is 3.55. The lowest BCUT2D eigenvalue weighted by Gasteiger charge is -2.29. The van der Waals surface area contributed by atoms with Crippen LogP contribution < -0.4 is 0 Å². The molecule has 0 aliphatic heterocycles. The van der Waals surface area contributed by atoms with Crippen LogP contribution in [-0.2, 0) is 0 Å². The Labute approximate surface area is 151 Å². The van der Waals surface area contributed by atoms with E-state index in [-0.39, 0.29) is 0 Å². The van der Waals surface area contributed by atoms with Gasteiger partial charge in [-0.15, -0.1) is 0 Å². The van der Waals surface area contributed by atoms with Crippen molar-refractivity contribution in [1.82, 2.24) is 4.98 Å². The monoisotopic (exact) mass is 339 g/mol. The number of hydrogen-bond donors (Lipinski definition) is 0. The number of halogens is 1. The zero-order valence-corrected chi connectivity index (χ0v) is 15.4. The summed E-state index contributed by atoms with van der Waals surface area (Å²) < 4.78 is 12.9. The standard InChI is InChI=1S/C23H30FN/c1-2-3-4-5-6-18-7-9-19(10-8-18)20-11-13-21(14-12-20)22-15-16-23(24)25-17-22/h11-19H,2-10H2,1H3. The Hall–Kier alpha value is -1.70. The largest absolute Gasteiger partial charge is 0.228 e. The first-order valence-electron chi connectivity index (χ1n) is 9.98. The van der Waals surface area contributed by atoms with E-state index in [4.69, 9.17) is 0 Å². The Kier molecular flexibility index (Phi) is 6.61. The molecule has 134 valence electrons. The normalized spacial score (nSPS) is 20.6. The first kappa shape index (κ1) is 18.1. The minimum atomic E-state index is -0.424. The summed E-state index contributed by atoms with van der Waals surface area (Å²) in [7, 11) is 0. The molecule has 0 atom stereocenters. The number of unbranched alkanes of at least 4 members (excludes halogenated alkanes) is 3. The van der Waals surface area contributed by atoms with E-state index in [0.29, 0.717) is 5.92 Å². The van der Waals surface area contributed by atoms with E-state index >= 15 is 0 Å². The van der Waals surface area contributed by atoms with E-state index in [9.17, 15) is 4.39 Å². The van der Waals surface area contributed by atoms with E-state index < -0.39 is 5.95 Å². The molecule has 1 heterocycles. The zero-order chi connectivity index (χ0) is 17.5. The summed E-state index contributed by atoms with van der Waals surface area (Å²) in [6.45, 7) is 2.28. The maximum absolute atomic E-state index is 12.9. The molecule has 1 fully saturated rings. The van der Waals surface area contributed by atoms with Crippen molar-refractivity contribution in [2.75, 3.05) is 0 Å². The first-order chi connectivity index (χ1) is 12.3. The molecule has 2 aromatic rings. The highest BCUT2D eigenvalue weighted by Crippen LogP contribution is 2.38. The fraction of sp³-hybridized carbons (Fsp3) is 0.522.